The third-order valence-electron chi connectivity index (χ3n) is 1.58. The standard InChI is InChI=1S/C7H14F3NO2/c1-5(6(2)12-3)11-13-4-7(8,9)10/h5-6,11H,4H2,1-3H3. The van der Waals surface area contributed by atoms with Gasteiger partial charge in [-0.3, -0.25) is 4.84 Å². The molecule has 0 rings (SSSR count). The molecule has 80 valence electrons. The van der Waals surface area contributed by atoms with Crippen molar-refractivity contribution >= 4 is 0 Å². The van der Waals surface area contributed by atoms with Gasteiger partial charge in [-0.05, 0) is 13.8 Å². The second-order valence-corrected chi connectivity index (χ2v) is 2.75. The number of hydrogen-bond donors (Lipinski definition) is 1. The van der Waals surface area contributed by atoms with Crippen molar-refractivity contribution in [3.63, 3.8) is 0 Å². The quantitative estimate of drug-likeness (QED) is 0.683. The predicted molar refractivity (Wildman–Crippen MR) is 41.1 cm³/mol. The molecule has 0 amide bonds. The Morgan fingerprint density at radius 3 is 2.23 bits per heavy atom. The Morgan fingerprint density at radius 1 is 1.31 bits per heavy atom. The van der Waals surface area contributed by atoms with Crippen LogP contribution in [0.25, 0.3) is 0 Å². The van der Waals surface area contributed by atoms with Crippen molar-refractivity contribution in [2.24, 2.45) is 0 Å². The highest BCUT2D eigenvalue weighted by Crippen LogP contribution is 2.13. The second-order valence-electron chi connectivity index (χ2n) is 2.75. The molecule has 0 fully saturated rings. The topological polar surface area (TPSA) is 30.5 Å². The number of methoxy groups -OCH3 is 1. The van der Waals surface area contributed by atoms with E-state index in [-0.39, 0.29) is 12.1 Å². The van der Waals surface area contributed by atoms with Gasteiger partial charge in [-0.25, -0.2) is 0 Å². The molecule has 0 aliphatic heterocycles. The van der Waals surface area contributed by atoms with Gasteiger partial charge in [0.25, 0.3) is 0 Å². The van der Waals surface area contributed by atoms with E-state index in [4.69, 9.17) is 4.74 Å². The first kappa shape index (κ1) is 12.7. The van der Waals surface area contributed by atoms with Crippen molar-refractivity contribution in [1.29, 1.82) is 0 Å². The zero-order valence-corrected chi connectivity index (χ0v) is 7.81. The zero-order chi connectivity index (χ0) is 10.5. The molecule has 2 unspecified atom stereocenters. The molecule has 0 aromatic heterocycles. The maximum absolute atomic E-state index is 11.6. The fourth-order valence-corrected chi connectivity index (χ4v) is 0.555. The lowest BCUT2D eigenvalue weighted by Gasteiger charge is -2.19. The van der Waals surface area contributed by atoms with E-state index in [1.807, 2.05) is 0 Å². The summed E-state index contributed by atoms with van der Waals surface area (Å²) in [5.41, 5.74) is 2.24. The van der Waals surface area contributed by atoms with Crippen LogP contribution in [0.15, 0.2) is 0 Å². The molecule has 0 heterocycles. The van der Waals surface area contributed by atoms with E-state index in [0.717, 1.165) is 0 Å². The molecule has 0 aliphatic rings. The summed E-state index contributed by atoms with van der Waals surface area (Å²) in [5.74, 6) is 0. The number of ether oxygens (including phenoxy) is 1. The zero-order valence-electron chi connectivity index (χ0n) is 7.81. The lowest BCUT2D eigenvalue weighted by atomic mass is 10.2. The highest BCUT2D eigenvalue weighted by molar-refractivity contribution is 4.62. The molecule has 0 saturated carbocycles. The number of halogens is 3. The molecule has 1 N–H and O–H groups in total. The minimum Gasteiger partial charge on any atom is -0.380 e. The van der Waals surface area contributed by atoms with Gasteiger partial charge in [-0.1, -0.05) is 0 Å². The van der Waals surface area contributed by atoms with Gasteiger partial charge in [0.15, 0.2) is 6.61 Å². The minimum atomic E-state index is -4.30. The van der Waals surface area contributed by atoms with Crippen molar-refractivity contribution in [1.82, 2.24) is 5.48 Å². The molecule has 0 aromatic carbocycles. The van der Waals surface area contributed by atoms with Gasteiger partial charge in [0.1, 0.15) is 0 Å². The van der Waals surface area contributed by atoms with Gasteiger partial charge in [0, 0.05) is 7.11 Å². The van der Waals surface area contributed by atoms with Crippen molar-refractivity contribution in [2.75, 3.05) is 13.7 Å². The second kappa shape index (κ2) is 5.41. The average Bonchev–Trinajstić information content (AvgIpc) is 2.00. The van der Waals surface area contributed by atoms with Crippen LogP contribution in [0.1, 0.15) is 13.8 Å². The van der Waals surface area contributed by atoms with Gasteiger partial charge in [0.2, 0.25) is 0 Å². The fourth-order valence-electron chi connectivity index (χ4n) is 0.555. The summed E-state index contributed by atoms with van der Waals surface area (Å²) in [6, 6.07) is -0.285. The Balaban J connectivity index is 3.53. The van der Waals surface area contributed by atoms with E-state index in [1.54, 1.807) is 13.8 Å². The molecule has 13 heavy (non-hydrogen) atoms. The third-order valence-corrected chi connectivity index (χ3v) is 1.58. The maximum Gasteiger partial charge on any atom is 0.413 e. The molecule has 0 radical (unpaired) electrons. The molecule has 6 heteroatoms. The van der Waals surface area contributed by atoms with E-state index >= 15 is 0 Å². The van der Waals surface area contributed by atoms with Gasteiger partial charge in [-0.15, -0.1) is 0 Å². The first-order valence-corrected chi connectivity index (χ1v) is 3.83. The largest absolute Gasteiger partial charge is 0.413 e. The summed E-state index contributed by atoms with van der Waals surface area (Å²) >= 11 is 0. The molecular formula is C7H14F3NO2. The molecular weight excluding hydrogens is 187 g/mol. The lowest BCUT2D eigenvalue weighted by molar-refractivity contribution is -0.195. The van der Waals surface area contributed by atoms with Crippen LogP contribution in [0.4, 0.5) is 13.2 Å². The summed E-state index contributed by atoms with van der Waals surface area (Å²) in [4.78, 5) is 4.23. The molecule has 0 spiro atoms. The maximum atomic E-state index is 11.6. The summed E-state index contributed by atoms with van der Waals surface area (Å²) < 4.78 is 39.6. The molecule has 0 saturated heterocycles. The number of rotatable bonds is 5. The predicted octanol–water partition coefficient (Wildman–Crippen LogP) is 1.49. The summed E-state index contributed by atoms with van der Waals surface area (Å²) in [6.45, 7) is 2.10. The van der Waals surface area contributed by atoms with Crippen molar-refractivity contribution in [2.45, 2.75) is 32.2 Å². The Morgan fingerprint density at radius 2 is 1.85 bits per heavy atom. The first-order chi connectivity index (χ1) is 5.87. The van der Waals surface area contributed by atoms with Crippen LogP contribution >= 0.6 is 0 Å². The SMILES string of the molecule is COC(C)C(C)NOCC(F)(F)F. The van der Waals surface area contributed by atoms with Gasteiger partial charge in [-0.2, -0.15) is 18.7 Å². The third kappa shape index (κ3) is 6.80. The Kier molecular flexibility index (Phi) is 5.27. The number of hydrogen-bond acceptors (Lipinski definition) is 3. The van der Waals surface area contributed by atoms with Crippen molar-refractivity contribution in [3.05, 3.63) is 0 Å². The number of alkyl halides is 3. The van der Waals surface area contributed by atoms with Crippen LogP contribution in [0.3, 0.4) is 0 Å². The van der Waals surface area contributed by atoms with Crippen LogP contribution in [0, 0.1) is 0 Å². The lowest BCUT2D eigenvalue weighted by Crippen LogP contribution is -2.38. The van der Waals surface area contributed by atoms with Crippen molar-refractivity contribution < 1.29 is 22.7 Å². The number of hydroxylamine groups is 1. The molecule has 0 aliphatic carbocycles. The summed E-state index contributed by atoms with van der Waals surface area (Å²) in [7, 11) is 1.48. The number of nitrogens with one attached hydrogen (secondary N) is 1. The van der Waals surface area contributed by atoms with Crippen LogP contribution in [-0.4, -0.2) is 32.0 Å². The van der Waals surface area contributed by atoms with Gasteiger partial charge < -0.3 is 4.74 Å². The van der Waals surface area contributed by atoms with Gasteiger partial charge in [0.05, 0.1) is 12.1 Å². The normalized spacial score (nSPS) is 17.1. The van der Waals surface area contributed by atoms with E-state index in [9.17, 15) is 13.2 Å². The minimum absolute atomic E-state index is 0.201. The van der Waals surface area contributed by atoms with E-state index in [0.29, 0.717) is 0 Å². The van der Waals surface area contributed by atoms with Crippen LogP contribution in [0.2, 0.25) is 0 Å². The first-order valence-electron chi connectivity index (χ1n) is 3.83. The monoisotopic (exact) mass is 201 g/mol. The summed E-state index contributed by atoms with van der Waals surface area (Å²) in [6.07, 6.45) is -4.50. The Bertz CT molecular complexity index is 140. The highest BCUT2D eigenvalue weighted by Gasteiger charge is 2.28. The van der Waals surface area contributed by atoms with Crippen LogP contribution < -0.4 is 5.48 Å². The van der Waals surface area contributed by atoms with Crippen molar-refractivity contribution in [3.8, 4) is 0 Å². The van der Waals surface area contributed by atoms with Crippen LogP contribution in [-0.2, 0) is 9.57 Å². The van der Waals surface area contributed by atoms with E-state index in [2.05, 4.69) is 10.3 Å². The Labute approximate surface area is 75.2 Å². The van der Waals surface area contributed by atoms with Gasteiger partial charge >= 0.3 is 6.18 Å². The average molecular weight is 201 g/mol. The summed E-state index contributed by atoms with van der Waals surface area (Å²) in [5, 5.41) is 0. The smallest absolute Gasteiger partial charge is 0.380 e. The Hall–Kier alpha value is -0.330. The van der Waals surface area contributed by atoms with E-state index in [1.165, 1.54) is 7.11 Å². The molecule has 2 atom stereocenters. The van der Waals surface area contributed by atoms with Crippen LogP contribution in [0.5, 0.6) is 0 Å². The molecule has 3 nitrogen and oxygen atoms in total. The molecule has 0 bridgehead atoms. The van der Waals surface area contributed by atoms with E-state index < -0.39 is 12.8 Å². The highest BCUT2D eigenvalue weighted by atomic mass is 19.4. The molecule has 0 aromatic rings. The fraction of sp³-hybridized carbons (Fsp3) is 1.00.